The Balaban J connectivity index is 4.01. The van der Waals surface area contributed by atoms with Crippen molar-refractivity contribution in [3.05, 3.63) is 0 Å². The summed E-state index contributed by atoms with van der Waals surface area (Å²) < 4.78 is 5.10. The minimum absolute atomic E-state index is 0.608. The maximum Gasteiger partial charge on any atom is 0.216 e. The predicted molar refractivity (Wildman–Crippen MR) is 91.3 cm³/mol. The Bertz CT molecular complexity index is 633. The van der Waals surface area contributed by atoms with Crippen LogP contribution in [0.3, 0.4) is 0 Å². The second-order valence-corrected chi connectivity index (χ2v) is 7.16. The van der Waals surface area contributed by atoms with Crippen molar-refractivity contribution in [2.75, 3.05) is 6.61 Å². The molecule has 0 bridgehead atoms. The van der Waals surface area contributed by atoms with Crippen LogP contribution in [0.1, 0.15) is 27.7 Å². The summed E-state index contributed by atoms with van der Waals surface area (Å²) in [5, 5.41) is 72.8. The van der Waals surface area contributed by atoms with E-state index in [0.717, 1.165) is 0 Å². The minimum Gasteiger partial charge on any atom is -0.394 e. The van der Waals surface area contributed by atoms with Crippen molar-refractivity contribution in [1.29, 1.82) is 0 Å². The number of ether oxygens (including phenoxy) is 1. The van der Waals surface area contributed by atoms with Crippen LogP contribution in [0, 0.1) is 0 Å². The smallest absolute Gasteiger partial charge is 0.216 e. The van der Waals surface area contributed by atoms with Gasteiger partial charge in [-0.05, 0) is 27.7 Å². The monoisotopic (exact) mass is 422 g/mol. The van der Waals surface area contributed by atoms with Gasteiger partial charge in [-0.15, -0.1) is 0 Å². The number of hydrogen-bond donors (Lipinski definition) is 7. The first kappa shape index (κ1) is 25.4. The third-order valence-corrected chi connectivity index (χ3v) is 5.45. The van der Waals surface area contributed by atoms with Crippen molar-refractivity contribution in [1.82, 2.24) is 0 Å². The Morgan fingerprint density at radius 1 is 0.724 bits per heavy atom. The highest BCUT2D eigenvalue weighted by molar-refractivity contribution is 6.16. The SMILES string of the molecule is CC(=O)C(O)(C(C)=O)C(O)(C1O[C@H](CO)[C@@H](O)[C@H](O)[C@H]1O)C(O)(C(C)=O)C(C)=O. The van der Waals surface area contributed by atoms with Crippen LogP contribution in [-0.2, 0) is 23.9 Å². The van der Waals surface area contributed by atoms with E-state index >= 15 is 0 Å². The lowest BCUT2D eigenvalue weighted by atomic mass is 9.60. The van der Waals surface area contributed by atoms with Crippen LogP contribution in [0.5, 0.6) is 0 Å². The predicted octanol–water partition coefficient (Wildman–Crippen LogP) is -4.62. The van der Waals surface area contributed by atoms with Gasteiger partial charge in [-0.3, -0.25) is 19.2 Å². The minimum atomic E-state index is -3.86. The standard InChI is InChI=1S/C17H26O12/c1-6(19)15(26,7(2)20)17(28,16(27,8(3)21)9(4)22)14-13(25)12(24)11(23)10(5-18)29-14/h10-14,18,23-28H,5H2,1-4H3/t10-,11-,12+,13-,14?/m1/s1. The summed E-state index contributed by atoms with van der Waals surface area (Å²) in [5.41, 5.74) is -11.2. The van der Waals surface area contributed by atoms with Crippen molar-refractivity contribution in [2.45, 2.75) is 75.0 Å². The van der Waals surface area contributed by atoms with E-state index in [1.54, 1.807) is 0 Å². The number of hydrogen-bond acceptors (Lipinski definition) is 12. The Morgan fingerprint density at radius 3 is 1.34 bits per heavy atom. The number of aliphatic hydroxyl groups excluding tert-OH is 4. The van der Waals surface area contributed by atoms with E-state index in [-0.39, 0.29) is 0 Å². The fourth-order valence-corrected chi connectivity index (χ4v) is 3.69. The molecule has 12 heteroatoms. The zero-order valence-corrected chi connectivity index (χ0v) is 16.3. The zero-order valence-electron chi connectivity index (χ0n) is 16.3. The lowest BCUT2D eigenvalue weighted by Gasteiger charge is -2.55. The summed E-state index contributed by atoms with van der Waals surface area (Å²) in [6.45, 7) is 1.41. The van der Waals surface area contributed by atoms with Gasteiger partial charge in [-0.25, -0.2) is 0 Å². The maximum atomic E-state index is 12.2. The number of ketones is 4. The fraction of sp³-hybridized carbons (Fsp3) is 0.765. The van der Waals surface area contributed by atoms with Crippen molar-refractivity contribution in [3.8, 4) is 0 Å². The van der Waals surface area contributed by atoms with Crippen LogP contribution >= 0.6 is 0 Å². The van der Waals surface area contributed by atoms with Crippen LogP contribution in [0.2, 0.25) is 0 Å². The van der Waals surface area contributed by atoms with Crippen molar-refractivity contribution in [2.24, 2.45) is 0 Å². The molecule has 166 valence electrons. The van der Waals surface area contributed by atoms with E-state index in [0.29, 0.717) is 27.7 Å². The fourth-order valence-electron chi connectivity index (χ4n) is 3.69. The van der Waals surface area contributed by atoms with Gasteiger partial charge in [0.2, 0.25) is 11.2 Å². The number of carbonyl (C=O) groups excluding carboxylic acids is 4. The third-order valence-electron chi connectivity index (χ3n) is 5.45. The van der Waals surface area contributed by atoms with Gasteiger partial charge in [-0.2, -0.15) is 0 Å². The molecule has 1 aliphatic rings. The number of rotatable bonds is 8. The van der Waals surface area contributed by atoms with Crippen molar-refractivity contribution >= 4 is 23.1 Å². The summed E-state index contributed by atoms with van der Waals surface area (Å²) in [6.07, 6.45) is -10.9. The molecule has 0 aromatic heterocycles. The molecular weight excluding hydrogens is 396 g/mol. The largest absolute Gasteiger partial charge is 0.394 e. The van der Waals surface area contributed by atoms with Gasteiger partial charge in [0.05, 0.1) is 6.61 Å². The van der Waals surface area contributed by atoms with Crippen LogP contribution in [-0.4, -0.2) is 113 Å². The van der Waals surface area contributed by atoms with E-state index < -0.39 is 77.1 Å². The molecule has 7 N–H and O–H groups in total. The van der Waals surface area contributed by atoms with E-state index in [1.165, 1.54) is 0 Å². The molecule has 5 atom stereocenters. The Hall–Kier alpha value is -1.64. The second kappa shape index (κ2) is 8.24. The highest BCUT2D eigenvalue weighted by Gasteiger charge is 2.76. The number of aliphatic hydroxyl groups is 7. The van der Waals surface area contributed by atoms with Crippen LogP contribution in [0.25, 0.3) is 0 Å². The Kier molecular flexibility index (Phi) is 7.22. The molecule has 29 heavy (non-hydrogen) atoms. The molecule has 0 radical (unpaired) electrons. The highest BCUT2D eigenvalue weighted by atomic mass is 16.6. The molecule has 0 aromatic rings. The molecule has 1 unspecified atom stereocenters. The Labute approximate surface area is 165 Å². The summed E-state index contributed by atoms with van der Waals surface area (Å²) in [4.78, 5) is 48.9. The van der Waals surface area contributed by atoms with Gasteiger partial charge in [0.15, 0.2) is 28.7 Å². The normalized spacial score (nSPS) is 28.7. The first-order valence-corrected chi connectivity index (χ1v) is 8.58. The first-order chi connectivity index (χ1) is 13.1. The molecule has 12 nitrogen and oxygen atoms in total. The quantitative estimate of drug-likeness (QED) is 0.184. The van der Waals surface area contributed by atoms with Crippen LogP contribution < -0.4 is 0 Å². The number of carbonyl (C=O) groups is 4. The topological polar surface area (TPSA) is 219 Å². The van der Waals surface area contributed by atoms with Crippen LogP contribution in [0.15, 0.2) is 0 Å². The van der Waals surface area contributed by atoms with Gasteiger partial charge in [0.25, 0.3) is 0 Å². The Morgan fingerprint density at radius 2 is 1.07 bits per heavy atom. The van der Waals surface area contributed by atoms with Crippen molar-refractivity contribution < 1.29 is 59.7 Å². The van der Waals surface area contributed by atoms with E-state index in [2.05, 4.69) is 0 Å². The lowest BCUT2D eigenvalue weighted by Crippen LogP contribution is -2.84. The molecule has 0 amide bonds. The molecule has 0 aromatic carbocycles. The van der Waals surface area contributed by atoms with E-state index in [9.17, 15) is 54.9 Å². The highest BCUT2D eigenvalue weighted by Crippen LogP contribution is 2.44. The zero-order chi connectivity index (χ0) is 23.1. The lowest BCUT2D eigenvalue weighted by molar-refractivity contribution is -0.318. The van der Waals surface area contributed by atoms with E-state index in [4.69, 9.17) is 4.74 Å². The molecule has 1 aliphatic heterocycles. The van der Waals surface area contributed by atoms with Gasteiger partial charge < -0.3 is 40.5 Å². The molecule has 0 spiro atoms. The average Bonchev–Trinajstić information content (AvgIpc) is 2.63. The molecule has 1 fully saturated rings. The molecule has 1 heterocycles. The van der Waals surface area contributed by atoms with Crippen LogP contribution in [0.4, 0.5) is 0 Å². The summed E-state index contributed by atoms with van der Waals surface area (Å²) in [5.74, 6) is -6.09. The summed E-state index contributed by atoms with van der Waals surface area (Å²) in [7, 11) is 0. The molecule has 0 saturated carbocycles. The molecule has 1 rings (SSSR count). The van der Waals surface area contributed by atoms with Crippen molar-refractivity contribution in [3.63, 3.8) is 0 Å². The van der Waals surface area contributed by atoms with Gasteiger partial charge in [0.1, 0.15) is 30.5 Å². The van der Waals surface area contributed by atoms with E-state index in [1.807, 2.05) is 0 Å². The van der Waals surface area contributed by atoms with Gasteiger partial charge in [0, 0.05) is 0 Å². The average molecular weight is 422 g/mol. The second-order valence-electron chi connectivity index (χ2n) is 7.16. The molecular formula is C17H26O12. The number of Topliss-reactive ketones (excluding diaryl/α,β-unsaturated/α-hetero) is 4. The summed E-state index contributed by atoms with van der Waals surface area (Å²) in [6, 6.07) is 0. The van der Waals surface area contributed by atoms with Gasteiger partial charge >= 0.3 is 0 Å². The van der Waals surface area contributed by atoms with Gasteiger partial charge in [-0.1, -0.05) is 0 Å². The molecule has 1 saturated heterocycles. The maximum absolute atomic E-state index is 12.2. The first-order valence-electron chi connectivity index (χ1n) is 8.58. The third kappa shape index (κ3) is 3.35. The summed E-state index contributed by atoms with van der Waals surface area (Å²) >= 11 is 0. The molecule has 0 aliphatic carbocycles.